The Labute approximate surface area is 232 Å². The summed E-state index contributed by atoms with van der Waals surface area (Å²) in [5.41, 5.74) is 3.75. The molecule has 1 atom stereocenters. The highest BCUT2D eigenvalue weighted by Crippen LogP contribution is 2.43. The van der Waals surface area contributed by atoms with Crippen molar-refractivity contribution in [2.75, 3.05) is 37.4 Å². The van der Waals surface area contributed by atoms with E-state index in [1.54, 1.807) is 0 Å². The first-order chi connectivity index (χ1) is 18.2. The molecule has 5 rings (SSSR count). The Morgan fingerprint density at radius 3 is 2.03 bits per heavy atom. The van der Waals surface area contributed by atoms with Crippen LogP contribution in [0.3, 0.4) is 0 Å². The van der Waals surface area contributed by atoms with E-state index in [9.17, 15) is 17.2 Å². The fraction of sp³-hybridized carbons (Fsp3) is 0.310. The summed E-state index contributed by atoms with van der Waals surface area (Å²) in [6.07, 6.45) is 1.56. The zero-order chi connectivity index (χ0) is 26.9. The van der Waals surface area contributed by atoms with Crippen molar-refractivity contribution in [1.82, 2.24) is 9.80 Å². The van der Waals surface area contributed by atoms with E-state index in [2.05, 4.69) is 29.2 Å². The van der Waals surface area contributed by atoms with Crippen LogP contribution < -0.4 is 0 Å². The predicted octanol–water partition coefficient (Wildman–Crippen LogP) is 6.38. The standard InChI is InChI=1S/C29H29ClF2N2O2S2/c1-38(35,36)29(23-16-25(31)18-26(32)17-23)27-10-11-34(27)28(22-6-8-24(30)9-7-22)21-4-2-20(3-5-21)19-33-12-14-37-15-13-33/h2-9,16-18,28H,10-15,19H2,1H3. The van der Waals surface area contributed by atoms with Crippen LogP contribution in [-0.4, -0.2) is 55.6 Å². The zero-order valence-corrected chi connectivity index (χ0v) is 23.4. The molecule has 9 heteroatoms. The van der Waals surface area contributed by atoms with Crippen molar-refractivity contribution < 1.29 is 17.2 Å². The lowest BCUT2D eigenvalue weighted by atomic mass is 9.91. The summed E-state index contributed by atoms with van der Waals surface area (Å²) in [5.74, 6) is 0.673. The third-order valence-corrected chi connectivity index (χ3v) is 9.40. The van der Waals surface area contributed by atoms with Gasteiger partial charge in [0.2, 0.25) is 0 Å². The molecule has 2 fully saturated rings. The topological polar surface area (TPSA) is 40.6 Å². The molecule has 3 aromatic carbocycles. The number of hydrogen-bond donors (Lipinski definition) is 0. The number of rotatable bonds is 7. The van der Waals surface area contributed by atoms with Gasteiger partial charge in [-0.15, -0.1) is 0 Å². The average molecular weight is 575 g/mol. The fourth-order valence-electron chi connectivity index (χ4n) is 5.18. The third-order valence-electron chi connectivity index (χ3n) is 7.00. The van der Waals surface area contributed by atoms with Gasteiger partial charge in [-0.3, -0.25) is 4.90 Å². The number of nitrogens with zero attached hydrogens (tertiary/aromatic N) is 2. The van der Waals surface area contributed by atoms with Crippen LogP contribution in [0.15, 0.2) is 72.4 Å². The lowest BCUT2D eigenvalue weighted by molar-refractivity contribution is 0.212. The van der Waals surface area contributed by atoms with E-state index in [0.29, 0.717) is 23.7 Å². The number of likely N-dealkylation sites (tertiary alicyclic amines) is 1. The van der Waals surface area contributed by atoms with Crippen molar-refractivity contribution in [2.24, 2.45) is 0 Å². The molecular formula is C29H29ClF2N2O2S2. The molecule has 0 aliphatic carbocycles. The van der Waals surface area contributed by atoms with E-state index in [4.69, 9.17) is 11.6 Å². The number of hydrogen-bond acceptors (Lipinski definition) is 5. The molecule has 3 aromatic rings. The molecule has 2 aliphatic heterocycles. The van der Waals surface area contributed by atoms with Crippen LogP contribution in [0.5, 0.6) is 0 Å². The van der Waals surface area contributed by atoms with Gasteiger partial charge in [-0.05, 0) is 41.0 Å². The maximum Gasteiger partial charge on any atom is 0.177 e. The van der Waals surface area contributed by atoms with Gasteiger partial charge in [0.15, 0.2) is 9.84 Å². The van der Waals surface area contributed by atoms with Crippen LogP contribution in [0.2, 0.25) is 5.02 Å². The molecule has 200 valence electrons. The first-order valence-electron chi connectivity index (χ1n) is 12.5. The Balaban J connectivity index is 1.55. The summed E-state index contributed by atoms with van der Waals surface area (Å²) in [4.78, 5) is 4.43. The normalized spacial score (nSPS) is 18.7. The molecule has 38 heavy (non-hydrogen) atoms. The minimum absolute atomic E-state index is 0.0228. The first kappa shape index (κ1) is 27.2. The van der Waals surface area contributed by atoms with Crippen LogP contribution in [0.4, 0.5) is 8.78 Å². The van der Waals surface area contributed by atoms with Crippen LogP contribution in [0.1, 0.15) is 34.7 Å². The smallest absolute Gasteiger partial charge is 0.177 e. The van der Waals surface area contributed by atoms with E-state index in [1.807, 2.05) is 40.9 Å². The summed E-state index contributed by atoms with van der Waals surface area (Å²) in [5, 5.41) is 0.606. The molecule has 2 heterocycles. The van der Waals surface area contributed by atoms with Crippen molar-refractivity contribution in [3.05, 3.63) is 111 Å². The Hall–Kier alpha value is -2.39. The van der Waals surface area contributed by atoms with Crippen LogP contribution >= 0.6 is 23.4 Å². The van der Waals surface area contributed by atoms with E-state index in [-0.39, 0.29) is 16.5 Å². The molecule has 0 aromatic heterocycles. The van der Waals surface area contributed by atoms with E-state index < -0.39 is 21.5 Å². The second-order valence-corrected chi connectivity index (χ2v) is 13.3. The maximum atomic E-state index is 14.1. The van der Waals surface area contributed by atoms with Crippen molar-refractivity contribution in [3.63, 3.8) is 0 Å². The van der Waals surface area contributed by atoms with Gasteiger partial charge < -0.3 is 4.90 Å². The second kappa shape index (κ2) is 11.4. The van der Waals surface area contributed by atoms with E-state index in [1.165, 1.54) is 5.56 Å². The molecule has 2 saturated heterocycles. The maximum absolute atomic E-state index is 14.1. The van der Waals surface area contributed by atoms with Crippen molar-refractivity contribution in [1.29, 1.82) is 0 Å². The van der Waals surface area contributed by atoms with Gasteiger partial charge in [0.05, 0.1) is 10.9 Å². The zero-order valence-electron chi connectivity index (χ0n) is 21.0. The second-order valence-electron chi connectivity index (χ2n) is 9.73. The number of benzene rings is 3. The molecule has 0 saturated carbocycles. The van der Waals surface area contributed by atoms with Gasteiger partial charge in [-0.25, -0.2) is 17.2 Å². The molecule has 0 amide bonds. The summed E-state index contributed by atoms with van der Waals surface area (Å²) >= 11 is 8.16. The van der Waals surface area contributed by atoms with E-state index in [0.717, 1.165) is 66.7 Å². The largest absolute Gasteiger partial charge is 0.362 e. The quantitative estimate of drug-likeness (QED) is 0.328. The molecule has 2 aliphatic rings. The van der Waals surface area contributed by atoms with Gasteiger partial charge in [0.1, 0.15) is 11.6 Å². The molecule has 0 bridgehead atoms. The Kier molecular flexibility index (Phi) is 8.14. The first-order valence-corrected chi connectivity index (χ1v) is 15.9. The molecule has 4 nitrogen and oxygen atoms in total. The predicted molar refractivity (Wildman–Crippen MR) is 152 cm³/mol. The molecular weight excluding hydrogens is 546 g/mol. The van der Waals surface area contributed by atoms with Crippen molar-refractivity contribution in [2.45, 2.75) is 19.0 Å². The lowest BCUT2D eigenvalue weighted by Crippen LogP contribution is -2.40. The Bertz CT molecular complexity index is 1420. The Morgan fingerprint density at radius 2 is 1.50 bits per heavy atom. The molecule has 0 N–H and O–H groups in total. The minimum Gasteiger partial charge on any atom is -0.362 e. The molecule has 0 spiro atoms. The minimum atomic E-state index is -3.80. The highest BCUT2D eigenvalue weighted by Gasteiger charge is 2.36. The lowest BCUT2D eigenvalue weighted by Gasteiger charge is -2.44. The number of halogens is 3. The van der Waals surface area contributed by atoms with Crippen molar-refractivity contribution >= 4 is 38.1 Å². The summed E-state index contributed by atoms with van der Waals surface area (Å²) in [6.45, 7) is 3.66. The monoisotopic (exact) mass is 574 g/mol. The number of thioether (sulfide) groups is 1. The summed E-state index contributed by atoms with van der Waals surface area (Å²) in [7, 11) is -3.80. The third kappa shape index (κ3) is 6.09. The SMILES string of the molecule is CS(=O)(=O)C(=C1CCN1C(c1ccc(Cl)cc1)c1ccc(CN2CCSCC2)cc1)c1cc(F)cc(F)c1. The van der Waals surface area contributed by atoms with Gasteiger partial charge in [0.25, 0.3) is 0 Å². The highest BCUT2D eigenvalue weighted by molar-refractivity contribution is 8.00. The van der Waals surface area contributed by atoms with Crippen molar-refractivity contribution in [3.8, 4) is 0 Å². The highest BCUT2D eigenvalue weighted by atomic mass is 35.5. The number of sulfone groups is 1. The van der Waals surface area contributed by atoms with Gasteiger partial charge in [0, 0.05) is 72.7 Å². The fourth-order valence-corrected chi connectivity index (χ4v) is 7.48. The summed E-state index contributed by atoms with van der Waals surface area (Å²) in [6, 6.07) is 18.5. The average Bonchev–Trinajstić information content (AvgIpc) is 2.85. The van der Waals surface area contributed by atoms with Crippen LogP contribution in [-0.2, 0) is 16.4 Å². The van der Waals surface area contributed by atoms with Crippen LogP contribution in [0, 0.1) is 11.6 Å². The van der Waals surface area contributed by atoms with Gasteiger partial charge in [-0.1, -0.05) is 48.0 Å². The molecule has 1 unspecified atom stereocenters. The summed E-state index contributed by atoms with van der Waals surface area (Å²) < 4.78 is 54.1. The van der Waals surface area contributed by atoms with Gasteiger partial charge >= 0.3 is 0 Å². The van der Waals surface area contributed by atoms with Gasteiger partial charge in [-0.2, -0.15) is 11.8 Å². The van der Waals surface area contributed by atoms with E-state index >= 15 is 0 Å². The molecule has 0 radical (unpaired) electrons. The Morgan fingerprint density at radius 1 is 0.921 bits per heavy atom. The van der Waals surface area contributed by atoms with Crippen LogP contribution in [0.25, 0.3) is 4.91 Å².